The van der Waals surface area contributed by atoms with Crippen molar-refractivity contribution in [1.29, 1.82) is 0 Å². The van der Waals surface area contributed by atoms with Gasteiger partial charge in [0.05, 0.1) is 6.61 Å². The van der Waals surface area contributed by atoms with E-state index in [1.807, 2.05) is 6.92 Å². The highest BCUT2D eigenvalue weighted by atomic mass is 16.5. The Morgan fingerprint density at radius 3 is 2.74 bits per heavy atom. The van der Waals surface area contributed by atoms with Crippen LogP contribution in [0.1, 0.15) is 25.3 Å². The van der Waals surface area contributed by atoms with Gasteiger partial charge in [-0.2, -0.15) is 0 Å². The number of anilines is 1. The van der Waals surface area contributed by atoms with Crippen LogP contribution in [0.25, 0.3) is 0 Å². The van der Waals surface area contributed by atoms with Crippen molar-refractivity contribution in [3.8, 4) is 0 Å². The molecule has 0 bridgehead atoms. The molecule has 1 atom stereocenters. The topological polar surface area (TPSA) is 44.8 Å². The second kappa shape index (κ2) is 6.89. The van der Waals surface area contributed by atoms with Gasteiger partial charge in [0.2, 0.25) is 0 Å². The molecule has 2 saturated heterocycles. The molecule has 1 aromatic rings. The van der Waals surface area contributed by atoms with Gasteiger partial charge >= 0.3 is 0 Å². The predicted octanol–water partition coefficient (Wildman–Crippen LogP) is 1.62. The molecule has 1 amide bonds. The van der Waals surface area contributed by atoms with Crippen LogP contribution >= 0.6 is 0 Å². The fourth-order valence-electron chi connectivity index (χ4n) is 3.64. The quantitative estimate of drug-likeness (QED) is 0.917. The van der Waals surface area contributed by atoms with E-state index in [0.717, 1.165) is 26.2 Å². The summed E-state index contributed by atoms with van der Waals surface area (Å²) in [4.78, 5) is 16.9. The molecule has 2 heterocycles. The van der Waals surface area contributed by atoms with Crippen LogP contribution in [0.3, 0.4) is 0 Å². The second-order valence-corrected chi connectivity index (χ2v) is 6.69. The molecule has 23 heavy (non-hydrogen) atoms. The summed E-state index contributed by atoms with van der Waals surface area (Å²) in [6.45, 7) is 7.12. The first-order chi connectivity index (χ1) is 11.1. The number of para-hydroxylation sites is 1. The molecule has 0 aromatic heterocycles. The molecule has 1 N–H and O–H groups in total. The van der Waals surface area contributed by atoms with Crippen molar-refractivity contribution in [2.75, 3.05) is 44.7 Å². The Bertz CT molecular complexity index is 557. The number of morpholine rings is 1. The van der Waals surface area contributed by atoms with Crippen molar-refractivity contribution in [1.82, 2.24) is 10.2 Å². The first-order valence-corrected chi connectivity index (χ1v) is 8.54. The monoisotopic (exact) mass is 317 g/mol. The number of carbonyl (C=O) groups is 1. The van der Waals surface area contributed by atoms with E-state index in [0.29, 0.717) is 13.2 Å². The molecule has 2 aliphatic heterocycles. The molecule has 0 aliphatic carbocycles. The van der Waals surface area contributed by atoms with E-state index in [9.17, 15) is 4.79 Å². The van der Waals surface area contributed by atoms with Gasteiger partial charge in [0, 0.05) is 45.5 Å². The van der Waals surface area contributed by atoms with Crippen molar-refractivity contribution in [2.45, 2.75) is 31.9 Å². The zero-order valence-corrected chi connectivity index (χ0v) is 14.2. The van der Waals surface area contributed by atoms with Crippen LogP contribution in [0.4, 0.5) is 5.69 Å². The molecule has 3 rings (SSSR count). The first kappa shape index (κ1) is 16.3. The summed E-state index contributed by atoms with van der Waals surface area (Å²) in [7, 11) is 1.67. The summed E-state index contributed by atoms with van der Waals surface area (Å²) in [5, 5.41) is 2.72. The van der Waals surface area contributed by atoms with Crippen molar-refractivity contribution in [2.24, 2.45) is 0 Å². The maximum Gasteiger partial charge on any atom is 0.253 e. The van der Waals surface area contributed by atoms with Crippen molar-refractivity contribution in [3.63, 3.8) is 0 Å². The summed E-state index contributed by atoms with van der Waals surface area (Å²) in [5.74, 6) is -0.0463. The zero-order chi connectivity index (χ0) is 16.3. The average molecular weight is 317 g/mol. The largest absolute Gasteiger partial charge is 0.371 e. The molecule has 1 aromatic carbocycles. The maximum absolute atomic E-state index is 12.1. The number of hydrogen-bond donors (Lipinski definition) is 1. The number of benzene rings is 1. The summed E-state index contributed by atoms with van der Waals surface area (Å²) in [6, 6.07) is 8.65. The minimum atomic E-state index is -0.754. The van der Waals surface area contributed by atoms with Crippen molar-refractivity contribution >= 4 is 11.6 Å². The van der Waals surface area contributed by atoms with Crippen LogP contribution in [-0.4, -0.2) is 56.2 Å². The van der Waals surface area contributed by atoms with Crippen molar-refractivity contribution in [3.05, 3.63) is 29.8 Å². The van der Waals surface area contributed by atoms with E-state index in [2.05, 4.69) is 39.4 Å². The predicted molar refractivity (Wildman–Crippen MR) is 91.6 cm³/mol. The Hall–Kier alpha value is -1.59. The summed E-state index contributed by atoms with van der Waals surface area (Å²) in [5.41, 5.74) is 1.93. The first-order valence-electron chi connectivity index (χ1n) is 8.54. The number of likely N-dealkylation sites (N-methyl/N-ethyl adjacent to an activating group) is 1. The van der Waals surface area contributed by atoms with E-state index < -0.39 is 5.60 Å². The highest BCUT2D eigenvalue weighted by Gasteiger charge is 2.38. The summed E-state index contributed by atoms with van der Waals surface area (Å²) >= 11 is 0. The Morgan fingerprint density at radius 2 is 2.00 bits per heavy atom. The molecule has 5 nitrogen and oxygen atoms in total. The minimum Gasteiger partial charge on any atom is -0.371 e. The van der Waals surface area contributed by atoms with E-state index >= 15 is 0 Å². The van der Waals surface area contributed by atoms with Gasteiger partial charge in [-0.25, -0.2) is 0 Å². The van der Waals surface area contributed by atoms with Gasteiger partial charge in [0.1, 0.15) is 0 Å². The third-order valence-electron chi connectivity index (χ3n) is 4.89. The van der Waals surface area contributed by atoms with Gasteiger partial charge in [-0.05, 0) is 31.4 Å². The third kappa shape index (κ3) is 3.51. The summed E-state index contributed by atoms with van der Waals surface area (Å²) < 4.78 is 5.75. The fraction of sp³-hybridized carbons (Fsp3) is 0.611. The Kier molecular flexibility index (Phi) is 4.87. The fourth-order valence-corrected chi connectivity index (χ4v) is 3.64. The third-order valence-corrected chi connectivity index (χ3v) is 4.89. The lowest BCUT2D eigenvalue weighted by Crippen LogP contribution is -2.57. The van der Waals surface area contributed by atoms with Gasteiger partial charge in [-0.15, -0.1) is 0 Å². The standard InChI is InChI=1S/C18H27N3O2/c1-18(17(22)19-2)14-20(11-12-23-18)13-15-7-3-4-8-16(15)21-9-5-6-10-21/h3-4,7-8H,5-6,9-14H2,1-2H3,(H,19,22)/t18-/m0/s1. The lowest BCUT2D eigenvalue weighted by molar-refractivity contribution is -0.156. The van der Waals surface area contributed by atoms with Gasteiger partial charge in [0.25, 0.3) is 5.91 Å². The highest BCUT2D eigenvalue weighted by molar-refractivity contribution is 5.84. The Morgan fingerprint density at radius 1 is 1.26 bits per heavy atom. The molecule has 0 saturated carbocycles. The average Bonchev–Trinajstić information content (AvgIpc) is 3.09. The number of rotatable bonds is 4. The van der Waals surface area contributed by atoms with Crippen LogP contribution in [0.15, 0.2) is 24.3 Å². The zero-order valence-electron chi connectivity index (χ0n) is 14.2. The van der Waals surface area contributed by atoms with Crippen LogP contribution in [-0.2, 0) is 16.1 Å². The normalized spacial score (nSPS) is 25.6. The van der Waals surface area contributed by atoms with E-state index in [1.165, 1.54) is 24.1 Å². The van der Waals surface area contributed by atoms with E-state index in [-0.39, 0.29) is 5.91 Å². The van der Waals surface area contributed by atoms with E-state index in [1.54, 1.807) is 7.05 Å². The molecule has 5 heteroatoms. The number of carbonyl (C=O) groups excluding carboxylic acids is 1. The lowest BCUT2D eigenvalue weighted by Gasteiger charge is -2.39. The molecule has 0 spiro atoms. The second-order valence-electron chi connectivity index (χ2n) is 6.69. The SMILES string of the molecule is CNC(=O)[C@]1(C)CN(Cc2ccccc2N2CCCC2)CCO1. The smallest absolute Gasteiger partial charge is 0.253 e. The van der Waals surface area contributed by atoms with Gasteiger partial charge in [-0.3, -0.25) is 9.69 Å². The molecule has 0 radical (unpaired) electrons. The maximum atomic E-state index is 12.1. The number of nitrogens with one attached hydrogen (secondary N) is 1. The van der Waals surface area contributed by atoms with Crippen LogP contribution in [0, 0.1) is 0 Å². The molecular weight excluding hydrogens is 290 g/mol. The molecule has 126 valence electrons. The van der Waals surface area contributed by atoms with Crippen LogP contribution in [0.2, 0.25) is 0 Å². The van der Waals surface area contributed by atoms with Gasteiger partial charge in [0.15, 0.2) is 5.60 Å². The van der Waals surface area contributed by atoms with Crippen LogP contribution in [0.5, 0.6) is 0 Å². The number of ether oxygens (including phenoxy) is 1. The van der Waals surface area contributed by atoms with Gasteiger partial charge < -0.3 is 15.0 Å². The molecular formula is C18H27N3O2. The van der Waals surface area contributed by atoms with Gasteiger partial charge in [-0.1, -0.05) is 18.2 Å². The highest BCUT2D eigenvalue weighted by Crippen LogP contribution is 2.27. The Labute approximate surface area is 138 Å². The van der Waals surface area contributed by atoms with E-state index in [4.69, 9.17) is 4.74 Å². The van der Waals surface area contributed by atoms with Crippen LogP contribution < -0.4 is 10.2 Å². The number of nitrogens with zero attached hydrogens (tertiary/aromatic N) is 2. The minimum absolute atomic E-state index is 0.0463. The number of amides is 1. The lowest BCUT2D eigenvalue weighted by atomic mass is 10.0. The molecule has 2 aliphatic rings. The summed E-state index contributed by atoms with van der Waals surface area (Å²) in [6.07, 6.45) is 2.56. The van der Waals surface area contributed by atoms with Crippen molar-refractivity contribution < 1.29 is 9.53 Å². The number of hydrogen-bond acceptors (Lipinski definition) is 4. The molecule has 2 fully saturated rings. The Balaban J connectivity index is 1.73. The molecule has 0 unspecified atom stereocenters.